The van der Waals surface area contributed by atoms with Crippen LogP contribution in [-0.4, -0.2) is 81.8 Å². The molecule has 0 bridgehead atoms. The van der Waals surface area contributed by atoms with E-state index < -0.39 is 19.9 Å². The van der Waals surface area contributed by atoms with Gasteiger partial charge in [-0.05, 0) is 44.7 Å². The molecule has 3 rings (SSSR count). The molecular weight excluding hydrogens is 426 g/mol. The van der Waals surface area contributed by atoms with Crippen LogP contribution in [0.2, 0.25) is 0 Å². The summed E-state index contributed by atoms with van der Waals surface area (Å²) >= 11 is 0. The van der Waals surface area contributed by atoms with Crippen LogP contribution in [0.1, 0.15) is 30.4 Å². The highest BCUT2D eigenvalue weighted by atomic mass is 32.2. The summed E-state index contributed by atoms with van der Waals surface area (Å²) in [4.78, 5) is 13.5. The summed E-state index contributed by atoms with van der Waals surface area (Å²) in [6, 6.07) is 4.94. The smallest absolute Gasteiger partial charge is 0.243 e. The maximum absolute atomic E-state index is 13.2. The standard InChI is InChI=1S/C20H31N3O5S2/c1-15-5-6-19(16(2)13-15)30(27,28)22-10-7-17(8-11-22)20(24)23(21(3)4)18-9-12-29(25,26)14-18/h5-6,13,17-18H,7-12,14H2,1-4H3/t18-/m1/s1. The quantitative estimate of drug-likeness (QED) is 0.617. The first-order valence-electron chi connectivity index (χ1n) is 10.2. The third kappa shape index (κ3) is 4.71. The average molecular weight is 458 g/mol. The summed E-state index contributed by atoms with van der Waals surface area (Å²) in [5, 5.41) is 3.22. The Morgan fingerprint density at radius 2 is 1.73 bits per heavy atom. The molecule has 10 heteroatoms. The number of hydrazine groups is 1. The highest BCUT2D eigenvalue weighted by Crippen LogP contribution is 2.29. The van der Waals surface area contributed by atoms with Gasteiger partial charge in [-0.15, -0.1) is 0 Å². The summed E-state index contributed by atoms with van der Waals surface area (Å²) in [7, 11) is -3.24. The van der Waals surface area contributed by atoms with E-state index in [0.717, 1.165) is 11.1 Å². The molecule has 2 saturated heterocycles. The average Bonchev–Trinajstić information content (AvgIpc) is 3.00. The van der Waals surface area contributed by atoms with Crippen LogP contribution in [0.4, 0.5) is 0 Å². The zero-order valence-electron chi connectivity index (χ0n) is 18.0. The van der Waals surface area contributed by atoms with Crippen LogP contribution in [0, 0.1) is 19.8 Å². The number of benzene rings is 1. The monoisotopic (exact) mass is 457 g/mol. The Bertz CT molecular complexity index is 1010. The van der Waals surface area contributed by atoms with Crippen molar-refractivity contribution >= 4 is 25.8 Å². The molecule has 2 fully saturated rings. The van der Waals surface area contributed by atoms with Crippen LogP contribution in [-0.2, 0) is 24.7 Å². The molecule has 2 aliphatic heterocycles. The van der Waals surface area contributed by atoms with E-state index in [1.807, 2.05) is 13.0 Å². The molecule has 1 amide bonds. The van der Waals surface area contributed by atoms with Gasteiger partial charge in [0.1, 0.15) is 0 Å². The fraction of sp³-hybridized carbons (Fsp3) is 0.650. The molecule has 168 valence electrons. The number of rotatable bonds is 5. The van der Waals surface area contributed by atoms with Gasteiger partial charge in [0.05, 0.1) is 22.4 Å². The molecule has 0 aliphatic carbocycles. The maximum atomic E-state index is 13.2. The Balaban J connectivity index is 1.70. The van der Waals surface area contributed by atoms with E-state index in [4.69, 9.17) is 0 Å². The van der Waals surface area contributed by atoms with E-state index in [1.54, 1.807) is 43.2 Å². The van der Waals surface area contributed by atoms with Crippen LogP contribution >= 0.6 is 0 Å². The van der Waals surface area contributed by atoms with Crippen molar-refractivity contribution in [3.63, 3.8) is 0 Å². The first-order chi connectivity index (χ1) is 13.9. The van der Waals surface area contributed by atoms with Gasteiger partial charge in [0.25, 0.3) is 0 Å². The van der Waals surface area contributed by atoms with Gasteiger partial charge in [-0.25, -0.2) is 21.8 Å². The predicted octanol–water partition coefficient (Wildman–Crippen LogP) is 1.20. The zero-order valence-corrected chi connectivity index (χ0v) is 19.7. The largest absolute Gasteiger partial charge is 0.273 e. The number of carbonyl (C=O) groups is 1. The first kappa shape index (κ1) is 23.2. The molecule has 1 aromatic rings. The van der Waals surface area contributed by atoms with Crippen LogP contribution in [0.15, 0.2) is 23.1 Å². The summed E-state index contributed by atoms with van der Waals surface area (Å²) < 4.78 is 51.3. The van der Waals surface area contributed by atoms with Crippen LogP contribution in [0.5, 0.6) is 0 Å². The minimum Gasteiger partial charge on any atom is -0.273 e. The Morgan fingerprint density at radius 3 is 2.23 bits per heavy atom. The zero-order chi connectivity index (χ0) is 22.3. The van der Waals surface area contributed by atoms with Gasteiger partial charge in [-0.3, -0.25) is 9.80 Å². The highest BCUT2D eigenvalue weighted by Gasteiger charge is 2.40. The fourth-order valence-electron chi connectivity index (χ4n) is 4.43. The van der Waals surface area contributed by atoms with Crippen molar-refractivity contribution in [1.29, 1.82) is 0 Å². The lowest BCUT2D eigenvalue weighted by molar-refractivity contribution is -0.155. The van der Waals surface area contributed by atoms with Crippen molar-refractivity contribution in [1.82, 2.24) is 14.3 Å². The van der Waals surface area contributed by atoms with Crippen LogP contribution < -0.4 is 0 Å². The van der Waals surface area contributed by atoms with Crippen molar-refractivity contribution in [2.75, 3.05) is 38.7 Å². The van der Waals surface area contributed by atoms with E-state index in [2.05, 4.69) is 0 Å². The minimum atomic E-state index is -3.61. The molecule has 30 heavy (non-hydrogen) atoms. The second kappa shape index (κ2) is 8.57. The number of amides is 1. The van der Waals surface area contributed by atoms with E-state index in [9.17, 15) is 21.6 Å². The topological polar surface area (TPSA) is 95.1 Å². The summed E-state index contributed by atoms with van der Waals surface area (Å²) in [6.07, 6.45) is 1.28. The second-order valence-electron chi connectivity index (χ2n) is 8.53. The lowest BCUT2D eigenvalue weighted by Gasteiger charge is -2.38. The van der Waals surface area contributed by atoms with Crippen molar-refractivity contribution < 1.29 is 21.6 Å². The molecule has 0 saturated carbocycles. The number of hydrogen-bond donors (Lipinski definition) is 0. The predicted molar refractivity (Wildman–Crippen MR) is 115 cm³/mol. The number of piperidine rings is 1. The molecule has 2 aliphatic rings. The van der Waals surface area contributed by atoms with Gasteiger partial charge in [0.2, 0.25) is 15.9 Å². The van der Waals surface area contributed by atoms with Crippen molar-refractivity contribution in [2.24, 2.45) is 5.92 Å². The van der Waals surface area contributed by atoms with Gasteiger partial charge in [0, 0.05) is 33.1 Å². The number of sulfone groups is 1. The Labute approximate surface area is 179 Å². The Hall–Kier alpha value is -1.49. The normalized spacial score (nSPS) is 23.0. The summed E-state index contributed by atoms with van der Waals surface area (Å²) in [6.45, 7) is 4.26. The molecule has 0 radical (unpaired) electrons. The van der Waals surface area contributed by atoms with Gasteiger partial charge in [-0.1, -0.05) is 17.7 Å². The van der Waals surface area contributed by atoms with Crippen LogP contribution in [0.3, 0.4) is 0 Å². The maximum Gasteiger partial charge on any atom is 0.243 e. The molecule has 0 unspecified atom stereocenters. The molecule has 1 aromatic carbocycles. The van der Waals surface area contributed by atoms with Crippen LogP contribution in [0.25, 0.3) is 0 Å². The van der Waals surface area contributed by atoms with E-state index in [1.165, 1.54) is 4.31 Å². The van der Waals surface area contributed by atoms with E-state index >= 15 is 0 Å². The Kier molecular flexibility index (Phi) is 6.62. The SMILES string of the molecule is Cc1ccc(S(=O)(=O)N2CCC(C(=O)N([C@@H]3CCS(=O)(=O)C3)N(C)C)CC2)c(C)c1. The number of carbonyl (C=O) groups excluding carboxylic acids is 1. The third-order valence-electron chi connectivity index (χ3n) is 5.96. The van der Waals surface area contributed by atoms with Gasteiger partial charge < -0.3 is 0 Å². The molecule has 0 aromatic heterocycles. The Morgan fingerprint density at radius 1 is 1.10 bits per heavy atom. The number of aryl methyl sites for hydroxylation is 2. The molecule has 8 nitrogen and oxygen atoms in total. The molecule has 0 spiro atoms. The lowest BCUT2D eigenvalue weighted by atomic mass is 9.96. The molecule has 2 heterocycles. The van der Waals surface area contributed by atoms with Gasteiger partial charge in [-0.2, -0.15) is 4.31 Å². The van der Waals surface area contributed by atoms with Gasteiger partial charge >= 0.3 is 0 Å². The van der Waals surface area contributed by atoms with Gasteiger partial charge in [0.15, 0.2) is 9.84 Å². The van der Waals surface area contributed by atoms with Crippen molar-refractivity contribution in [3.05, 3.63) is 29.3 Å². The number of sulfonamides is 1. The number of nitrogens with zero attached hydrogens (tertiary/aromatic N) is 3. The first-order valence-corrected chi connectivity index (χ1v) is 13.5. The third-order valence-corrected chi connectivity index (χ3v) is 9.77. The van der Waals surface area contributed by atoms with E-state index in [0.29, 0.717) is 24.2 Å². The minimum absolute atomic E-state index is 0.0170. The molecule has 1 atom stereocenters. The highest BCUT2D eigenvalue weighted by molar-refractivity contribution is 7.91. The van der Waals surface area contributed by atoms with Crippen molar-refractivity contribution in [2.45, 2.75) is 44.0 Å². The van der Waals surface area contributed by atoms with Crippen molar-refractivity contribution in [3.8, 4) is 0 Å². The molecule has 0 N–H and O–H groups in total. The number of hydrogen-bond acceptors (Lipinski definition) is 6. The second-order valence-corrected chi connectivity index (χ2v) is 12.7. The lowest BCUT2D eigenvalue weighted by Crippen LogP contribution is -2.53. The molecular formula is C20H31N3O5S2. The fourth-order valence-corrected chi connectivity index (χ4v) is 7.80. The summed E-state index contributed by atoms with van der Waals surface area (Å²) in [5.41, 5.74) is 1.72. The summed E-state index contributed by atoms with van der Waals surface area (Å²) in [5.74, 6) is -0.356. The van der Waals surface area contributed by atoms with E-state index in [-0.39, 0.29) is 42.5 Å².